The smallest absolute Gasteiger partial charge is 0.241 e. The minimum absolute atomic E-state index is 0.0405. The van der Waals surface area contributed by atoms with Crippen molar-refractivity contribution < 1.29 is 22.0 Å². The molecule has 0 amide bonds. The van der Waals surface area contributed by atoms with Gasteiger partial charge in [-0.2, -0.15) is 22.0 Å². The van der Waals surface area contributed by atoms with Crippen LogP contribution in [0.3, 0.4) is 0 Å². The van der Waals surface area contributed by atoms with Gasteiger partial charge in [0.15, 0.2) is 0 Å². The molecular weight excluding hydrogens is 427 g/mol. The van der Waals surface area contributed by atoms with Crippen molar-refractivity contribution in [1.29, 1.82) is 0 Å². The average molecular weight is 439 g/mol. The first-order chi connectivity index (χ1) is 12.6. The Bertz CT molecular complexity index is 941. The van der Waals surface area contributed by atoms with Crippen LogP contribution in [0.1, 0.15) is 24.1 Å². The van der Waals surface area contributed by atoms with Crippen LogP contribution in [0.2, 0.25) is 5.02 Å². The van der Waals surface area contributed by atoms with E-state index >= 15 is 0 Å². The van der Waals surface area contributed by atoms with E-state index in [1.807, 2.05) is 6.92 Å². The Balaban J connectivity index is 1.76. The summed E-state index contributed by atoms with van der Waals surface area (Å²) in [5, 5.41) is -1.70. The minimum atomic E-state index is -5.60. The maximum absolute atomic E-state index is 13.1. The summed E-state index contributed by atoms with van der Waals surface area (Å²) in [5.74, 6) is -0.0405. The van der Waals surface area contributed by atoms with Crippen LogP contribution in [0.15, 0.2) is 40.9 Å². The van der Waals surface area contributed by atoms with Crippen LogP contribution in [0.4, 0.5) is 22.0 Å². The molecule has 144 valence electrons. The molecule has 0 aliphatic heterocycles. The van der Waals surface area contributed by atoms with Gasteiger partial charge in [0, 0.05) is 10.3 Å². The molecule has 2 heterocycles. The Kier molecular flexibility index (Phi) is 5.65. The molecule has 0 radical (unpaired) electrons. The number of fused-ring (bicyclic) bond motifs is 1. The summed E-state index contributed by atoms with van der Waals surface area (Å²) in [6, 6.07) is 5.63. The Hall–Kier alpha value is -1.45. The lowest BCUT2D eigenvalue weighted by atomic mass is 9.95. The number of hydrogen-bond acceptors (Lipinski definition) is 4. The van der Waals surface area contributed by atoms with E-state index in [2.05, 4.69) is 9.97 Å². The molecule has 1 unspecified atom stereocenters. The normalized spacial score (nSPS) is 13.9. The van der Waals surface area contributed by atoms with Crippen molar-refractivity contribution in [2.24, 2.45) is 0 Å². The highest BCUT2D eigenvalue weighted by molar-refractivity contribution is 8.00. The van der Waals surface area contributed by atoms with Gasteiger partial charge in [0.25, 0.3) is 0 Å². The Morgan fingerprint density at radius 2 is 1.78 bits per heavy atom. The second-order valence-electron chi connectivity index (χ2n) is 5.87. The SMILES string of the molecule is CC(Cc1ncnc2scc(Cl)c12)c1ccc(SC(F)(F)C(F)(F)F)cc1. The number of nitrogens with zero attached hydrogens (tertiary/aromatic N) is 2. The average Bonchev–Trinajstić information content (AvgIpc) is 2.96. The molecule has 0 aliphatic carbocycles. The van der Waals surface area contributed by atoms with Gasteiger partial charge in [-0.1, -0.05) is 30.7 Å². The van der Waals surface area contributed by atoms with Gasteiger partial charge in [0.1, 0.15) is 11.2 Å². The lowest BCUT2D eigenvalue weighted by Crippen LogP contribution is -2.32. The fourth-order valence-corrected chi connectivity index (χ4v) is 4.39. The van der Waals surface area contributed by atoms with E-state index in [-0.39, 0.29) is 10.8 Å². The number of rotatable bonds is 5. The van der Waals surface area contributed by atoms with E-state index in [1.54, 1.807) is 17.5 Å². The highest BCUT2D eigenvalue weighted by atomic mass is 35.5. The van der Waals surface area contributed by atoms with E-state index in [1.165, 1.54) is 29.8 Å². The van der Waals surface area contributed by atoms with Crippen LogP contribution >= 0.6 is 34.7 Å². The monoisotopic (exact) mass is 438 g/mol. The zero-order valence-electron chi connectivity index (χ0n) is 13.7. The molecule has 0 bridgehead atoms. The van der Waals surface area contributed by atoms with E-state index in [0.717, 1.165) is 21.5 Å². The third kappa shape index (κ3) is 4.35. The standard InChI is InChI=1S/C17H12ClF5N2S2/c1-9(6-13-14-12(18)7-26-15(14)25-8-24-13)10-2-4-11(5-3-10)27-17(22,23)16(19,20)21/h2-5,7-9H,6H2,1H3. The summed E-state index contributed by atoms with van der Waals surface area (Å²) in [6.45, 7) is 1.92. The molecular formula is C17H12ClF5N2S2. The van der Waals surface area contributed by atoms with Gasteiger partial charge in [-0.05, 0) is 41.8 Å². The topological polar surface area (TPSA) is 25.8 Å². The van der Waals surface area contributed by atoms with Gasteiger partial charge in [0.05, 0.1) is 16.1 Å². The minimum Gasteiger partial charge on any atom is -0.241 e. The summed E-state index contributed by atoms with van der Waals surface area (Å²) in [7, 11) is 0. The molecule has 27 heavy (non-hydrogen) atoms. The van der Waals surface area contributed by atoms with Gasteiger partial charge >= 0.3 is 11.4 Å². The number of aromatic nitrogens is 2. The zero-order valence-corrected chi connectivity index (χ0v) is 16.1. The van der Waals surface area contributed by atoms with Gasteiger partial charge in [-0.25, -0.2) is 9.97 Å². The molecule has 2 nitrogen and oxygen atoms in total. The molecule has 0 N–H and O–H groups in total. The number of hydrogen-bond donors (Lipinski definition) is 0. The predicted octanol–water partition coefficient (Wildman–Crippen LogP) is 6.94. The van der Waals surface area contributed by atoms with Crippen LogP contribution in [0, 0.1) is 0 Å². The van der Waals surface area contributed by atoms with Crippen LogP contribution < -0.4 is 0 Å². The Labute approximate surface area is 164 Å². The predicted molar refractivity (Wildman–Crippen MR) is 97.8 cm³/mol. The van der Waals surface area contributed by atoms with Crippen molar-refractivity contribution in [3.63, 3.8) is 0 Å². The molecule has 3 aromatic rings. The summed E-state index contributed by atoms with van der Waals surface area (Å²) in [6.07, 6.45) is -3.61. The van der Waals surface area contributed by atoms with Crippen molar-refractivity contribution in [3.8, 4) is 0 Å². The van der Waals surface area contributed by atoms with Crippen molar-refractivity contribution in [3.05, 3.63) is 52.3 Å². The summed E-state index contributed by atoms with van der Waals surface area (Å²) >= 11 is 7.09. The number of thioether (sulfide) groups is 1. The highest BCUT2D eigenvalue weighted by Gasteiger charge is 2.58. The lowest BCUT2D eigenvalue weighted by molar-refractivity contribution is -0.237. The van der Waals surface area contributed by atoms with Crippen LogP contribution in [0.25, 0.3) is 10.2 Å². The number of alkyl halides is 5. The van der Waals surface area contributed by atoms with Gasteiger partial charge < -0.3 is 0 Å². The van der Waals surface area contributed by atoms with E-state index in [4.69, 9.17) is 11.6 Å². The molecule has 2 aromatic heterocycles. The highest BCUT2D eigenvalue weighted by Crippen LogP contribution is 2.47. The number of benzene rings is 1. The Morgan fingerprint density at radius 3 is 2.41 bits per heavy atom. The second-order valence-corrected chi connectivity index (χ2v) is 8.33. The number of thiophene rings is 1. The van der Waals surface area contributed by atoms with Crippen molar-refractivity contribution >= 4 is 44.9 Å². The van der Waals surface area contributed by atoms with Crippen LogP contribution in [0.5, 0.6) is 0 Å². The maximum atomic E-state index is 13.1. The first kappa shape index (κ1) is 20.3. The quantitative estimate of drug-likeness (QED) is 0.319. The molecule has 0 spiro atoms. The molecule has 0 saturated carbocycles. The van der Waals surface area contributed by atoms with Crippen molar-refractivity contribution in [1.82, 2.24) is 9.97 Å². The molecule has 1 aromatic carbocycles. The van der Waals surface area contributed by atoms with E-state index in [0.29, 0.717) is 11.4 Å². The third-order valence-corrected chi connectivity index (χ3v) is 6.24. The molecule has 0 saturated heterocycles. The van der Waals surface area contributed by atoms with Crippen molar-refractivity contribution in [2.75, 3.05) is 0 Å². The molecule has 0 aliphatic rings. The van der Waals surface area contributed by atoms with Gasteiger partial charge in [-0.15, -0.1) is 11.3 Å². The largest absolute Gasteiger partial charge is 0.464 e. The first-order valence-corrected chi connectivity index (χ1v) is 9.76. The molecule has 3 rings (SSSR count). The lowest BCUT2D eigenvalue weighted by Gasteiger charge is -2.19. The second kappa shape index (κ2) is 7.52. The maximum Gasteiger partial charge on any atom is 0.464 e. The van der Waals surface area contributed by atoms with Crippen LogP contribution in [-0.4, -0.2) is 21.4 Å². The number of halogens is 6. The van der Waals surface area contributed by atoms with Gasteiger partial charge in [0.2, 0.25) is 0 Å². The molecule has 0 fully saturated rings. The zero-order chi connectivity index (χ0) is 19.8. The van der Waals surface area contributed by atoms with E-state index < -0.39 is 23.2 Å². The van der Waals surface area contributed by atoms with Gasteiger partial charge in [-0.3, -0.25) is 0 Å². The molecule has 10 heteroatoms. The Morgan fingerprint density at radius 1 is 1.11 bits per heavy atom. The summed E-state index contributed by atoms with van der Waals surface area (Å²) in [5.41, 5.74) is 1.56. The summed E-state index contributed by atoms with van der Waals surface area (Å²) < 4.78 is 63.2. The third-order valence-electron chi connectivity index (χ3n) is 3.93. The van der Waals surface area contributed by atoms with E-state index in [9.17, 15) is 22.0 Å². The molecule has 1 atom stereocenters. The fourth-order valence-electron chi connectivity index (χ4n) is 2.53. The fraction of sp³-hybridized carbons (Fsp3) is 0.294. The van der Waals surface area contributed by atoms with Crippen LogP contribution in [-0.2, 0) is 6.42 Å². The first-order valence-electron chi connectivity index (χ1n) is 7.68. The van der Waals surface area contributed by atoms with Crippen molar-refractivity contribution in [2.45, 2.75) is 35.6 Å². The summed E-state index contributed by atoms with van der Waals surface area (Å²) in [4.78, 5) is 9.07.